The lowest BCUT2D eigenvalue weighted by Gasteiger charge is -2.18. The summed E-state index contributed by atoms with van der Waals surface area (Å²) >= 11 is 0. The van der Waals surface area contributed by atoms with Crippen LogP contribution >= 0.6 is 0 Å². The number of nitrogens with zero attached hydrogens (tertiary/aromatic N) is 3. The largest absolute Gasteiger partial charge is 0.372 e. The van der Waals surface area contributed by atoms with Gasteiger partial charge in [0.05, 0.1) is 0 Å². The maximum atomic E-state index is 4.60. The number of rotatable bonds is 5. The Kier molecular flexibility index (Phi) is 4.92. The van der Waals surface area contributed by atoms with Gasteiger partial charge in [0, 0.05) is 36.3 Å². The SMILES string of the molecule is Cc1cccc(C)c1Nc1nccc(Nc2ccc(N3CCCC3)cc2)n1. The molecule has 0 spiro atoms. The Morgan fingerprint density at radius 1 is 0.852 bits per heavy atom. The minimum Gasteiger partial charge on any atom is -0.372 e. The van der Waals surface area contributed by atoms with Crippen LogP contribution in [0.25, 0.3) is 0 Å². The zero-order valence-electron chi connectivity index (χ0n) is 15.9. The van der Waals surface area contributed by atoms with E-state index in [-0.39, 0.29) is 0 Å². The molecular formula is C22H25N5. The van der Waals surface area contributed by atoms with E-state index in [1.807, 2.05) is 6.07 Å². The lowest BCUT2D eigenvalue weighted by Crippen LogP contribution is -2.17. The van der Waals surface area contributed by atoms with Crippen LogP contribution in [0.15, 0.2) is 54.7 Å². The number of aryl methyl sites for hydroxylation is 2. The van der Waals surface area contributed by atoms with Gasteiger partial charge in [0.15, 0.2) is 0 Å². The highest BCUT2D eigenvalue weighted by Crippen LogP contribution is 2.25. The summed E-state index contributed by atoms with van der Waals surface area (Å²) in [5.74, 6) is 1.36. The van der Waals surface area contributed by atoms with Gasteiger partial charge in [0.25, 0.3) is 0 Å². The topological polar surface area (TPSA) is 53.1 Å². The van der Waals surface area contributed by atoms with Gasteiger partial charge in [-0.25, -0.2) is 4.98 Å². The van der Waals surface area contributed by atoms with Crippen LogP contribution in [-0.4, -0.2) is 23.1 Å². The molecule has 138 valence electrons. The van der Waals surface area contributed by atoms with Crippen LogP contribution in [0, 0.1) is 13.8 Å². The highest BCUT2D eigenvalue weighted by molar-refractivity contribution is 5.65. The monoisotopic (exact) mass is 359 g/mol. The number of para-hydroxylation sites is 1. The first-order valence-electron chi connectivity index (χ1n) is 9.47. The standard InChI is InChI=1S/C22H25N5/c1-16-6-5-7-17(2)21(16)26-22-23-13-12-20(25-22)24-18-8-10-19(11-9-18)27-14-3-4-15-27/h5-13H,3-4,14-15H2,1-2H3,(H2,23,24,25,26). The van der Waals surface area contributed by atoms with Crippen molar-refractivity contribution in [1.29, 1.82) is 0 Å². The second-order valence-electron chi connectivity index (χ2n) is 7.02. The molecule has 0 bridgehead atoms. The summed E-state index contributed by atoms with van der Waals surface area (Å²) in [5.41, 5.74) is 5.72. The fourth-order valence-corrected chi connectivity index (χ4v) is 3.49. The first-order valence-corrected chi connectivity index (χ1v) is 9.47. The summed E-state index contributed by atoms with van der Waals surface area (Å²) in [4.78, 5) is 11.4. The molecule has 2 heterocycles. The molecule has 2 N–H and O–H groups in total. The van der Waals surface area contributed by atoms with Crippen LogP contribution in [0.3, 0.4) is 0 Å². The molecule has 0 unspecified atom stereocenters. The maximum Gasteiger partial charge on any atom is 0.229 e. The van der Waals surface area contributed by atoms with Crippen LogP contribution in [0.5, 0.6) is 0 Å². The molecule has 0 radical (unpaired) electrons. The van der Waals surface area contributed by atoms with Gasteiger partial charge in [-0.3, -0.25) is 0 Å². The van der Waals surface area contributed by atoms with Gasteiger partial charge in [-0.15, -0.1) is 0 Å². The van der Waals surface area contributed by atoms with Crippen molar-refractivity contribution in [3.63, 3.8) is 0 Å². The average molecular weight is 359 g/mol. The Morgan fingerprint density at radius 2 is 1.56 bits per heavy atom. The molecule has 0 aliphatic carbocycles. The Labute approximate surface area is 160 Å². The minimum absolute atomic E-state index is 0.589. The second-order valence-corrected chi connectivity index (χ2v) is 7.02. The Morgan fingerprint density at radius 3 is 2.26 bits per heavy atom. The molecule has 3 aromatic rings. The van der Waals surface area contributed by atoms with Gasteiger partial charge in [0.2, 0.25) is 5.95 Å². The fourth-order valence-electron chi connectivity index (χ4n) is 3.49. The normalized spacial score (nSPS) is 13.6. The molecule has 27 heavy (non-hydrogen) atoms. The third-order valence-corrected chi connectivity index (χ3v) is 4.98. The Balaban J connectivity index is 1.48. The van der Waals surface area contributed by atoms with E-state index in [0.29, 0.717) is 5.95 Å². The van der Waals surface area contributed by atoms with Crippen molar-refractivity contribution in [2.45, 2.75) is 26.7 Å². The van der Waals surface area contributed by atoms with Crippen LogP contribution in [0.1, 0.15) is 24.0 Å². The van der Waals surface area contributed by atoms with Crippen molar-refractivity contribution < 1.29 is 0 Å². The summed E-state index contributed by atoms with van der Waals surface area (Å²) in [6.45, 7) is 6.48. The highest BCUT2D eigenvalue weighted by atomic mass is 15.2. The van der Waals surface area contributed by atoms with Crippen molar-refractivity contribution in [2.75, 3.05) is 28.6 Å². The molecule has 1 fully saturated rings. The number of anilines is 5. The molecule has 4 rings (SSSR count). The molecule has 5 nitrogen and oxygen atoms in total. The average Bonchev–Trinajstić information content (AvgIpc) is 3.21. The van der Waals surface area contributed by atoms with Crippen molar-refractivity contribution in [3.8, 4) is 0 Å². The lowest BCUT2D eigenvalue weighted by molar-refractivity contribution is 0.949. The van der Waals surface area contributed by atoms with Gasteiger partial charge in [-0.05, 0) is 68.1 Å². The second kappa shape index (κ2) is 7.66. The molecule has 0 amide bonds. The molecule has 1 aromatic heterocycles. The third-order valence-electron chi connectivity index (χ3n) is 4.98. The number of aromatic nitrogens is 2. The quantitative estimate of drug-likeness (QED) is 0.657. The van der Waals surface area contributed by atoms with Crippen molar-refractivity contribution in [3.05, 3.63) is 65.9 Å². The van der Waals surface area contributed by atoms with Gasteiger partial charge >= 0.3 is 0 Å². The third kappa shape index (κ3) is 4.03. The van der Waals surface area contributed by atoms with E-state index in [1.165, 1.54) is 29.7 Å². The summed E-state index contributed by atoms with van der Waals surface area (Å²) < 4.78 is 0. The smallest absolute Gasteiger partial charge is 0.229 e. The molecule has 1 aliphatic rings. The first kappa shape index (κ1) is 17.3. The number of nitrogens with one attached hydrogen (secondary N) is 2. The van der Waals surface area contributed by atoms with Crippen LogP contribution in [0.4, 0.5) is 28.8 Å². The van der Waals surface area contributed by atoms with E-state index in [9.17, 15) is 0 Å². The predicted molar refractivity (Wildman–Crippen MR) is 112 cm³/mol. The highest BCUT2D eigenvalue weighted by Gasteiger charge is 2.12. The maximum absolute atomic E-state index is 4.60. The molecule has 1 aliphatic heterocycles. The summed E-state index contributed by atoms with van der Waals surface area (Å²) in [7, 11) is 0. The van der Waals surface area contributed by atoms with Crippen molar-refractivity contribution in [1.82, 2.24) is 9.97 Å². The van der Waals surface area contributed by atoms with E-state index in [0.717, 1.165) is 30.3 Å². The molecule has 1 saturated heterocycles. The molecule has 0 atom stereocenters. The minimum atomic E-state index is 0.589. The van der Waals surface area contributed by atoms with E-state index < -0.39 is 0 Å². The van der Waals surface area contributed by atoms with E-state index in [2.05, 4.69) is 81.8 Å². The van der Waals surface area contributed by atoms with Crippen molar-refractivity contribution >= 4 is 28.8 Å². The van der Waals surface area contributed by atoms with Crippen LogP contribution in [0.2, 0.25) is 0 Å². The van der Waals surface area contributed by atoms with Crippen molar-refractivity contribution in [2.24, 2.45) is 0 Å². The number of hydrogen-bond acceptors (Lipinski definition) is 5. The zero-order valence-corrected chi connectivity index (χ0v) is 15.9. The summed E-state index contributed by atoms with van der Waals surface area (Å²) in [6.07, 6.45) is 4.35. The summed E-state index contributed by atoms with van der Waals surface area (Å²) in [6, 6.07) is 16.7. The lowest BCUT2D eigenvalue weighted by atomic mass is 10.1. The molecule has 0 saturated carbocycles. The first-order chi connectivity index (χ1) is 13.2. The van der Waals surface area contributed by atoms with Gasteiger partial charge in [-0.1, -0.05) is 18.2 Å². The van der Waals surface area contributed by atoms with Gasteiger partial charge in [0.1, 0.15) is 5.82 Å². The van der Waals surface area contributed by atoms with Crippen LogP contribution in [-0.2, 0) is 0 Å². The number of hydrogen-bond donors (Lipinski definition) is 2. The van der Waals surface area contributed by atoms with Gasteiger partial charge < -0.3 is 15.5 Å². The molecule has 2 aromatic carbocycles. The van der Waals surface area contributed by atoms with E-state index in [4.69, 9.17) is 0 Å². The molecular weight excluding hydrogens is 334 g/mol. The molecule has 5 heteroatoms. The summed E-state index contributed by atoms with van der Waals surface area (Å²) in [5, 5.41) is 6.71. The predicted octanol–water partition coefficient (Wildman–Crippen LogP) is 5.18. The Hall–Kier alpha value is -3.08. The van der Waals surface area contributed by atoms with Gasteiger partial charge in [-0.2, -0.15) is 4.98 Å². The fraction of sp³-hybridized carbons (Fsp3) is 0.273. The van der Waals surface area contributed by atoms with Crippen LogP contribution < -0.4 is 15.5 Å². The van der Waals surface area contributed by atoms with E-state index in [1.54, 1.807) is 6.20 Å². The van der Waals surface area contributed by atoms with E-state index >= 15 is 0 Å². The zero-order chi connectivity index (χ0) is 18.6. The Bertz CT molecular complexity index is 894. The number of benzene rings is 2.